The quantitative estimate of drug-likeness (QED) is 0.713. The van der Waals surface area contributed by atoms with Crippen LogP contribution in [0.4, 0.5) is 5.69 Å². The molecular formula is C21H28N2O2S. The van der Waals surface area contributed by atoms with Crippen molar-refractivity contribution in [1.29, 1.82) is 0 Å². The highest BCUT2D eigenvalue weighted by atomic mass is 32.1. The van der Waals surface area contributed by atoms with E-state index < -0.39 is 0 Å². The smallest absolute Gasteiger partial charge is 0.173 e. The molecule has 140 valence electrons. The van der Waals surface area contributed by atoms with E-state index >= 15 is 0 Å². The fraction of sp³-hybridized carbons (Fsp3) is 0.381. The van der Waals surface area contributed by atoms with Crippen LogP contribution in [-0.2, 0) is 6.42 Å². The molecule has 0 aliphatic carbocycles. The molecule has 2 rings (SSSR count). The number of rotatable bonds is 7. The first-order valence-corrected chi connectivity index (χ1v) is 9.19. The maximum Gasteiger partial charge on any atom is 0.173 e. The maximum atomic E-state index is 5.58. The van der Waals surface area contributed by atoms with E-state index in [1.54, 1.807) is 14.2 Å². The molecule has 26 heavy (non-hydrogen) atoms. The maximum absolute atomic E-state index is 5.58. The zero-order chi connectivity index (χ0) is 19.1. The predicted octanol–water partition coefficient (Wildman–Crippen LogP) is 4.70. The van der Waals surface area contributed by atoms with Gasteiger partial charge in [0.15, 0.2) is 16.6 Å². The number of ether oxygens (including phenoxy) is 2. The zero-order valence-electron chi connectivity index (χ0n) is 16.2. The summed E-state index contributed by atoms with van der Waals surface area (Å²) in [5, 5.41) is 4.10. The summed E-state index contributed by atoms with van der Waals surface area (Å²) in [7, 11) is 5.30. The van der Waals surface area contributed by atoms with Crippen molar-refractivity contribution >= 4 is 23.0 Å². The highest BCUT2D eigenvalue weighted by molar-refractivity contribution is 7.80. The van der Waals surface area contributed by atoms with E-state index in [1.807, 2.05) is 25.2 Å². The van der Waals surface area contributed by atoms with Gasteiger partial charge in [-0.25, -0.2) is 0 Å². The normalized spacial score (nSPS) is 10.5. The lowest BCUT2D eigenvalue weighted by Gasteiger charge is -2.23. The first-order chi connectivity index (χ1) is 12.5. The van der Waals surface area contributed by atoms with Gasteiger partial charge >= 0.3 is 0 Å². The Hall–Kier alpha value is -2.27. The van der Waals surface area contributed by atoms with Gasteiger partial charge < -0.3 is 19.7 Å². The Kier molecular flexibility index (Phi) is 7.27. The fourth-order valence-corrected chi connectivity index (χ4v) is 2.96. The second-order valence-electron chi connectivity index (χ2n) is 6.53. The number of likely N-dealkylation sites (N-methyl/N-ethyl adjacent to an activating group) is 1. The number of anilines is 1. The minimum absolute atomic E-state index is 0.443. The third-order valence-electron chi connectivity index (χ3n) is 4.35. The van der Waals surface area contributed by atoms with Crippen LogP contribution in [0.2, 0.25) is 0 Å². The van der Waals surface area contributed by atoms with E-state index in [2.05, 4.69) is 48.3 Å². The number of thiocarbonyl (C=S) groups is 1. The van der Waals surface area contributed by atoms with Crippen LogP contribution in [0.25, 0.3) is 0 Å². The van der Waals surface area contributed by atoms with Gasteiger partial charge in [0.1, 0.15) is 0 Å². The molecule has 5 heteroatoms. The molecule has 4 nitrogen and oxygen atoms in total. The third kappa shape index (κ3) is 5.11. The van der Waals surface area contributed by atoms with E-state index in [4.69, 9.17) is 21.7 Å². The number of nitrogens with zero attached hydrogens (tertiary/aromatic N) is 1. The molecule has 0 aromatic heterocycles. The lowest BCUT2D eigenvalue weighted by Crippen LogP contribution is -2.33. The number of para-hydroxylation sites is 1. The van der Waals surface area contributed by atoms with Crippen molar-refractivity contribution < 1.29 is 9.47 Å². The van der Waals surface area contributed by atoms with Gasteiger partial charge in [-0.1, -0.05) is 38.1 Å². The Bertz CT molecular complexity index is 747. The van der Waals surface area contributed by atoms with Gasteiger partial charge in [-0.2, -0.15) is 0 Å². The lowest BCUT2D eigenvalue weighted by atomic mass is 10.0. The van der Waals surface area contributed by atoms with Crippen molar-refractivity contribution in [1.82, 2.24) is 4.90 Å². The molecule has 0 fully saturated rings. The Morgan fingerprint density at radius 3 is 2.42 bits per heavy atom. The van der Waals surface area contributed by atoms with Crippen LogP contribution in [0.5, 0.6) is 11.5 Å². The van der Waals surface area contributed by atoms with Crippen molar-refractivity contribution in [3.63, 3.8) is 0 Å². The van der Waals surface area contributed by atoms with Gasteiger partial charge in [-0.05, 0) is 53.9 Å². The van der Waals surface area contributed by atoms with Crippen molar-refractivity contribution in [2.24, 2.45) is 0 Å². The molecule has 0 unspecified atom stereocenters. The molecule has 2 aromatic rings. The van der Waals surface area contributed by atoms with Crippen LogP contribution in [-0.4, -0.2) is 37.8 Å². The molecule has 2 aromatic carbocycles. The second kappa shape index (κ2) is 9.43. The average Bonchev–Trinajstić information content (AvgIpc) is 2.65. The first kappa shape index (κ1) is 20.0. The first-order valence-electron chi connectivity index (χ1n) is 8.78. The van der Waals surface area contributed by atoms with Crippen LogP contribution < -0.4 is 14.8 Å². The van der Waals surface area contributed by atoms with Gasteiger partial charge in [0.25, 0.3) is 0 Å². The molecule has 0 spiro atoms. The molecule has 0 amide bonds. The Labute approximate surface area is 162 Å². The van der Waals surface area contributed by atoms with Gasteiger partial charge in [0.05, 0.1) is 14.2 Å². The Morgan fingerprint density at radius 1 is 1.08 bits per heavy atom. The molecule has 0 radical (unpaired) electrons. The van der Waals surface area contributed by atoms with Crippen molar-refractivity contribution in [2.75, 3.05) is 33.1 Å². The molecule has 0 saturated heterocycles. The minimum atomic E-state index is 0.443. The summed E-state index contributed by atoms with van der Waals surface area (Å²) in [6.07, 6.45) is 0.866. The molecule has 0 atom stereocenters. The fourth-order valence-electron chi connectivity index (χ4n) is 2.76. The number of hydrogen-bond acceptors (Lipinski definition) is 3. The molecule has 0 saturated carbocycles. The molecule has 0 aliphatic heterocycles. The van der Waals surface area contributed by atoms with Gasteiger partial charge in [0.2, 0.25) is 0 Å². The second-order valence-corrected chi connectivity index (χ2v) is 6.92. The SMILES string of the molecule is COc1ccc(CCN(C)C(=S)Nc2ccccc2C(C)C)cc1OC. The number of nitrogens with one attached hydrogen (secondary N) is 1. The Morgan fingerprint density at radius 2 is 1.77 bits per heavy atom. The third-order valence-corrected chi connectivity index (χ3v) is 4.77. The van der Waals surface area contributed by atoms with Crippen LogP contribution in [0, 0.1) is 0 Å². The van der Waals surface area contributed by atoms with Gasteiger partial charge in [0, 0.05) is 19.3 Å². The molecule has 0 aliphatic rings. The summed E-state index contributed by atoms with van der Waals surface area (Å²) in [5.41, 5.74) is 3.52. The summed E-state index contributed by atoms with van der Waals surface area (Å²) in [4.78, 5) is 2.06. The topological polar surface area (TPSA) is 33.7 Å². The summed E-state index contributed by atoms with van der Waals surface area (Å²) in [5.74, 6) is 1.94. The average molecular weight is 373 g/mol. The van der Waals surface area contributed by atoms with E-state index in [-0.39, 0.29) is 0 Å². The van der Waals surface area contributed by atoms with E-state index in [1.165, 1.54) is 11.1 Å². The molecule has 0 bridgehead atoms. The minimum Gasteiger partial charge on any atom is -0.493 e. The Balaban J connectivity index is 1.98. The summed E-state index contributed by atoms with van der Waals surface area (Å²) >= 11 is 5.58. The van der Waals surface area contributed by atoms with E-state index in [9.17, 15) is 0 Å². The van der Waals surface area contributed by atoms with E-state index in [0.717, 1.165) is 35.3 Å². The summed E-state index contributed by atoms with van der Waals surface area (Å²) in [6, 6.07) is 14.3. The zero-order valence-corrected chi connectivity index (χ0v) is 17.0. The lowest BCUT2D eigenvalue weighted by molar-refractivity contribution is 0.354. The number of benzene rings is 2. The van der Waals surface area contributed by atoms with Crippen molar-refractivity contribution in [2.45, 2.75) is 26.2 Å². The summed E-state index contributed by atoms with van der Waals surface area (Å²) < 4.78 is 10.7. The standard InChI is InChI=1S/C21H28N2O2S/c1-15(2)17-8-6-7-9-18(17)22-21(26)23(3)13-12-16-10-11-19(24-4)20(14-16)25-5/h6-11,14-15H,12-13H2,1-5H3,(H,22,26). The molecule has 1 N–H and O–H groups in total. The van der Waals surface area contributed by atoms with Crippen LogP contribution in [0.15, 0.2) is 42.5 Å². The van der Waals surface area contributed by atoms with Gasteiger partial charge in [-0.3, -0.25) is 0 Å². The van der Waals surface area contributed by atoms with E-state index in [0.29, 0.717) is 5.92 Å². The monoisotopic (exact) mass is 372 g/mol. The summed E-state index contributed by atoms with van der Waals surface area (Å²) in [6.45, 7) is 5.18. The number of hydrogen-bond donors (Lipinski definition) is 1. The van der Waals surface area contributed by atoms with Crippen LogP contribution >= 0.6 is 12.2 Å². The highest BCUT2D eigenvalue weighted by Crippen LogP contribution is 2.28. The molecular weight excluding hydrogens is 344 g/mol. The van der Waals surface area contributed by atoms with Crippen molar-refractivity contribution in [3.05, 3.63) is 53.6 Å². The van der Waals surface area contributed by atoms with Crippen LogP contribution in [0.1, 0.15) is 30.9 Å². The largest absolute Gasteiger partial charge is 0.493 e. The highest BCUT2D eigenvalue weighted by Gasteiger charge is 2.11. The van der Waals surface area contributed by atoms with Gasteiger partial charge in [-0.15, -0.1) is 0 Å². The molecule has 0 heterocycles. The van der Waals surface area contributed by atoms with Crippen molar-refractivity contribution in [3.8, 4) is 11.5 Å². The number of methoxy groups -OCH3 is 2. The predicted molar refractivity (Wildman–Crippen MR) is 113 cm³/mol. The van der Waals surface area contributed by atoms with Crippen LogP contribution in [0.3, 0.4) is 0 Å².